The first-order valence-corrected chi connectivity index (χ1v) is 10.6. The summed E-state index contributed by atoms with van der Waals surface area (Å²) in [6, 6.07) is 11.3. The predicted molar refractivity (Wildman–Crippen MR) is 119 cm³/mol. The van der Waals surface area contributed by atoms with Gasteiger partial charge in [0.05, 0.1) is 12.8 Å². The maximum Gasteiger partial charge on any atom is 0.320 e. The minimum Gasteiger partial charge on any atom is -0.490 e. The van der Waals surface area contributed by atoms with Crippen molar-refractivity contribution in [2.45, 2.75) is 18.9 Å². The van der Waals surface area contributed by atoms with Gasteiger partial charge in [0.15, 0.2) is 11.6 Å². The Kier molecular flexibility index (Phi) is 5.48. The molecule has 8 nitrogen and oxygen atoms in total. The zero-order valence-corrected chi connectivity index (χ0v) is 18.0. The Bertz CT molecular complexity index is 1250. The van der Waals surface area contributed by atoms with Crippen molar-refractivity contribution in [3.05, 3.63) is 71.9 Å². The molecule has 2 heterocycles. The van der Waals surface area contributed by atoms with Crippen LogP contribution in [0.1, 0.15) is 18.4 Å². The molecule has 0 unspecified atom stereocenters. The Hall–Kier alpha value is -4.21. The standard InChI is InChI=1S/C24H20F2N4O4/c1-12(31)28-13-2-4-14(5-3-13)34-15-6-9-19(27-10-15)29-24(32)30-22-16-11-33-23-18(26)8-7-17(25)21(23)20(16)22/h2-10,16,20,22H,11H2,1H3,(H,28,31)(H2,27,29,30,32)/t16-,20+,22-/m1/s1. The summed E-state index contributed by atoms with van der Waals surface area (Å²) >= 11 is 0. The summed E-state index contributed by atoms with van der Waals surface area (Å²) in [6.45, 7) is 1.64. The molecule has 2 aliphatic rings. The number of ether oxygens (including phenoxy) is 2. The number of benzene rings is 2. The largest absolute Gasteiger partial charge is 0.490 e. The number of halogens is 2. The van der Waals surface area contributed by atoms with Crippen molar-refractivity contribution in [3.63, 3.8) is 0 Å². The maximum atomic E-state index is 14.2. The van der Waals surface area contributed by atoms with E-state index in [2.05, 4.69) is 20.9 Å². The molecular weight excluding hydrogens is 446 g/mol. The van der Waals surface area contributed by atoms with Gasteiger partial charge in [-0.25, -0.2) is 18.6 Å². The van der Waals surface area contributed by atoms with Crippen molar-refractivity contribution < 1.29 is 27.8 Å². The Morgan fingerprint density at radius 2 is 1.74 bits per heavy atom. The van der Waals surface area contributed by atoms with E-state index in [1.807, 2.05) is 0 Å². The van der Waals surface area contributed by atoms with Gasteiger partial charge in [-0.3, -0.25) is 10.1 Å². The van der Waals surface area contributed by atoms with Gasteiger partial charge in [-0.2, -0.15) is 0 Å². The number of pyridine rings is 1. The zero-order chi connectivity index (χ0) is 23.8. The minimum atomic E-state index is -0.611. The molecule has 1 aromatic heterocycles. The lowest BCUT2D eigenvalue weighted by Crippen LogP contribution is -2.32. The fraction of sp³-hybridized carbons (Fsp3) is 0.208. The van der Waals surface area contributed by atoms with Crippen molar-refractivity contribution in [3.8, 4) is 17.2 Å². The number of carbonyl (C=O) groups is 2. The number of nitrogens with one attached hydrogen (secondary N) is 3. The molecule has 34 heavy (non-hydrogen) atoms. The van der Waals surface area contributed by atoms with Crippen LogP contribution in [-0.2, 0) is 4.79 Å². The molecule has 1 aliphatic heterocycles. The molecule has 10 heteroatoms. The Morgan fingerprint density at radius 3 is 2.44 bits per heavy atom. The van der Waals surface area contributed by atoms with Crippen molar-refractivity contribution in [1.29, 1.82) is 0 Å². The van der Waals surface area contributed by atoms with E-state index >= 15 is 0 Å². The number of fused-ring (bicyclic) bond motifs is 3. The molecule has 2 aromatic carbocycles. The summed E-state index contributed by atoms with van der Waals surface area (Å²) in [5.74, 6) is -0.533. The Labute approximate surface area is 193 Å². The molecule has 0 saturated heterocycles. The monoisotopic (exact) mass is 466 g/mol. The molecular formula is C24H20F2N4O4. The summed E-state index contributed by atoms with van der Waals surface area (Å²) in [6.07, 6.45) is 1.45. The van der Waals surface area contributed by atoms with Gasteiger partial charge in [-0.15, -0.1) is 0 Å². The average molecular weight is 466 g/mol. The SMILES string of the molecule is CC(=O)Nc1ccc(Oc2ccc(NC(=O)N[C@@H]3[C@@H]4COc5c(F)ccc(F)c5[C@H]43)nc2)cc1. The summed E-state index contributed by atoms with van der Waals surface area (Å²) in [5, 5.41) is 8.08. The highest BCUT2D eigenvalue weighted by atomic mass is 19.1. The van der Waals surface area contributed by atoms with E-state index < -0.39 is 17.7 Å². The van der Waals surface area contributed by atoms with Gasteiger partial charge >= 0.3 is 6.03 Å². The van der Waals surface area contributed by atoms with Crippen LogP contribution in [0.3, 0.4) is 0 Å². The number of hydrogen-bond donors (Lipinski definition) is 3. The lowest BCUT2D eigenvalue weighted by Gasteiger charge is -2.16. The van der Waals surface area contributed by atoms with E-state index in [1.54, 1.807) is 36.4 Å². The number of nitrogens with zero attached hydrogens (tertiary/aromatic N) is 1. The van der Waals surface area contributed by atoms with Crippen molar-refractivity contribution in [1.82, 2.24) is 10.3 Å². The second-order valence-electron chi connectivity index (χ2n) is 8.08. The van der Waals surface area contributed by atoms with E-state index in [-0.39, 0.29) is 41.7 Å². The summed E-state index contributed by atoms with van der Waals surface area (Å²) in [4.78, 5) is 27.7. The first-order chi connectivity index (χ1) is 16.4. The van der Waals surface area contributed by atoms with Gasteiger partial charge in [0.25, 0.3) is 0 Å². The van der Waals surface area contributed by atoms with Crippen LogP contribution in [0.15, 0.2) is 54.7 Å². The van der Waals surface area contributed by atoms with Crippen molar-refractivity contribution in [2.24, 2.45) is 5.92 Å². The van der Waals surface area contributed by atoms with Gasteiger partial charge < -0.3 is 20.1 Å². The second kappa shape index (κ2) is 8.62. The zero-order valence-electron chi connectivity index (χ0n) is 18.0. The molecule has 3 amide bonds. The maximum absolute atomic E-state index is 14.2. The number of carbonyl (C=O) groups excluding carboxylic acids is 2. The number of anilines is 2. The molecule has 0 bridgehead atoms. The van der Waals surface area contributed by atoms with Gasteiger partial charge in [-0.1, -0.05) is 0 Å². The smallest absolute Gasteiger partial charge is 0.320 e. The van der Waals surface area contributed by atoms with E-state index in [0.717, 1.165) is 12.1 Å². The van der Waals surface area contributed by atoms with Crippen LogP contribution in [0, 0.1) is 17.6 Å². The number of urea groups is 1. The lowest BCUT2D eigenvalue weighted by atomic mass is 10.0. The summed E-state index contributed by atoms with van der Waals surface area (Å²) in [5.41, 5.74) is 0.827. The molecule has 0 radical (unpaired) electrons. The van der Waals surface area contributed by atoms with Crippen LogP contribution < -0.4 is 25.4 Å². The molecule has 1 fully saturated rings. The third kappa shape index (κ3) is 4.34. The van der Waals surface area contributed by atoms with E-state index in [9.17, 15) is 18.4 Å². The molecule has 5 rings (SSSR count). The van der Waals surface area contributed by atoms with Crippen molar-refractivity contribution in [2.75, 3.05) is 17.2 Å². The lowest BCUT2D eigenvalue weighted by molar-refractivity contribution is -0.114. The predicted octanol–water partition coefficient (Wildman–Crippen LogP) is 4.41. The number of rotatable bonds is 5. The van der Waals surface area contributed by atoms with Gasteiger partial charge in [-0.05, 0) is 48.5 Å². The van der Waals surface area contributed by atoms with Crippen molar-refractivity contribution >= 4 is 23.4 Å². The molecule has 3 aromatic rings. The minimum absolute atomic E-state index is 0.0760. The van der Waals surface area contributed by atoms with Gasteiger partial charge in [0.2, 0.25) is 5.91 Å². The van der Waals surface area contributed by atoms with E-state index in [4.69, 9.17) is 9.47 Å². The number of aromatic nitrogens is 1. The van der Waals surface area contributed by atoms with Crippen LogP contribution in [0.4, 0.5) is 25.1 Å². The van der Waals surface area contributed by atoms with Crippen LogP contribution in [-0.4, -0.2) is 29.6 Å². The molecule has 3 N–H and O–H groups in total. The van der Waals surface area contributed by atoms with E-state index in [0.29, 0.717) is 23.0 Å². The fourth-order valence-corrected chi connectivity index (χ4v) is 4.12. The quantitative estimate of drug-likeness (QED) is 0.517. The molecule has 3 atom stereocenters. The third-order valence-electron chi connectivity index (χ3n) is 5.70. The van der Waals surface area contributed by atoms with Crippen LogP contribution in [0.2, 0.25) is 0 Å². The number of hydrogen-bond acceptors (Lipinski definition) is 5. The Balaban J connectivity index is 1.16. The molecule has 174 valence electrons. The first-order valence-electron chi connectivity index (χ1n) is 10.6. The highest BCUT2D eigenvalue weighted by Gasteiger charge is 2.57. The normalized spacial score (nSPS) is 19.7. The molecule has 1 saturated carbocycles. The van der Waals surface area contributed by atoms with Crippen LogP contribution in [0.5, 0.6) is 17.2 Å². The average Bonchev–Trinajstić information content (AvgIpc) is 3.51. The second-order valence-corrected chi connectivity index (χ2v) is 8.08. The van der Waals surface area contributed by atoms with Gasteiger partial charge in [0.1, 0.15) is 23.1 Å². The highest BCUT2D eigenvalue weighted by molar-refractivity contribution is 5.89. The summed E-state index contributed by atoms with van der Waals surface area (Å²) in [7, 11) is 0. The summed E-state index contributed by atoms with van der Waals surface area (Å²) < 4.78 is 39.2. The third-order valence-corrected chi connectivity index (χ3v) is 5.70. The van der Waals surface area contributed by atoms with Gasteiger partial charge in [0, 0.05) is 36.1 Å². The highest BCUT2D eigenvalue weighted by Crippen LogP contribution is 2.55. The van der Waals surface area contributed by atoms with E-state index in [1.165, 1.54) is 13.1 Å². The number of amides is 3. The first kappa shape index (κ1) is 21.6. The molecule has 0 spiro atoms. The molecule has 1 aliphatic carbocycles. The Morgan fingerprint density at radius 1 is 1.00 bits per heavy atom. The topological polar surface area (TPSA) is 102 Å². The fourth-order valence-electron chi connectivity index (χ4n) is 4.12. The van der Waals surface area contributed by atoms with Crippen LogP contribution in [0.25, 0.3) is 0 Å². The van der Waals surface area contributed by atoms with Crippen LogP contribution >= 0.6 is 0 Å².